The van der Waals surface area contributed by atoms with Crippen LogP contribution in [0.3, 0.4) is 0 Å². The lowest BCUT2D eigenvalue weighted by Crippen LogP contribution is -2.56. The van der Waals surface area contributed by atoms with E-state index in [2.05, 4.69) is 32.1 Å². The first-order valence-corrected chi connectivity index (χ1v) is 9.94. The van der Waals surface area contributed by atoms with Gasteiger partial charge in [0.05, 0.1) is 0 Å². The van der Waals surface area contributed by atoms with E-state index in [1.54, 1.807) is 0 Å². The van der Waals surface area contributed by atoms with Gasteiger partial charge in [-0.25, -0.2) is 0 Å². The van der Waals surface area contributed by atoms with Crippen LogP contribution in [0.25, 0.3) is 0 Å². The number of thioether (sulfide) groups is 1. The van der Waals surface area contributed by atoms with Crippen LogP contribution in [0.15, 0.2) is 0 Å². The maximum atomic E-state index is 6.27. The molecule has 0 bridgehead atoms. The van der Waals surface area contributed by atoms with Crippen molar-refractivity contribution >= 4 is 11.8 Å². The van der Waals surface area contributed by atoms with Crippen molar-refractivity contribution in [3.63, 3.8) is 0 Å². The minimum atomic E-state index is 0.263. The number of rotatable bonds is 8. The van der Waals surface area contributed by atoms with E-state index in [1.807, 2.05) is 11.8 Å². The van der Waals surface area contributed by atoms with Crippen LogP contribution in [0, 0.1) is 5.92 Å². The second-order valence-electron chi connectivity index (χ2n) is 6.64. The molecule has 0 aromatic rings. The third-order valence-electron chi connectivity index (χ3n) is 5.48. The summed E-state index contributed by atoms with van der Waals surface area (Å²) >= 11 is 1.97. The van der Waals surface area contributed by atoms with Gasteiger partial charge in [-0.2, -0.15) is 11.8 Å². The molecule has 0 amide bonds. The Labute approximate surface area is 131 Å². The summed E-state index contributed by atoms with van der Waals surface area (Å²) in [4.78, 5) is 2.65. The van der Waals surface area contributed by atoms with Crippen molar-refractivity contribution in [3.05, 3.63) is 0 Å². The summed E-state index contributed by atoms with van der Waals surface area (Å²) in [6.45, 7) is 5.46. The van der Waals surface area contributed by atoms with Crippen LogP contribution in [0.5, 0.6) is 0 Å². The molecule has 3 heteroatoms. The van der Waals surface area contributed by atoms with E-state index in [4.69, 9.17) is 5.73 Å². The summed E-state index contributed by atoms with van der Waals surface area (Å²) < 4.78 is 0. The van der Waals surface area contributed by atoms with E-state index in [1.165, 1.54) is 57.1 Å². The molecule has 1 aliphatic rings. The highest BCUT2D eigenvalue weighted by molar-refractivity contribution is 7.98. The van der Waals surface area contributed by atoms with Gasteiger partial charge in [-0.3, -0.25) is 4.90 Å². The summed E-state index contributed by atoms with van der Waals surface area (Å²) in [5.74, 6) is 2.18. The number of nitrogens with zero attached hydrogens (tertiary/aromatic N) is 1. The van der Waals surface area contributed by atoms with Crippen molar-refractivity contribution in [2.24, 2.45) is 11.7 Å². The van der Waals surface area contributed by atoms with Gasteiger partial charge in [-0.05, 0) is 44.9 Å². The topological polar surface area (TPSA) is 29.3 Å². The first-order valence-electron chi connectivity index (χ1n) is 8.55. The monoisotopic (exact) mass is 300 g/mol. The molecule has 0 heterocycles. The van der Waals surface area contributed by atoms with E-state index in [9.17, 15) is 0 Å². The molecule has 0 radical (unpaired) electrons. The van der Waals surface area contributed by atoms with Crippen molar-refractivity contribution in [2.45, 2.75) is 76.8 Å². The Kier molecular flexibility index (Phi) is 8.54. The Balaban J connectivity index is 2.74. The fraction of sp³-hybridized carbons (Fsp3) is 1.00. The van der Waals surface area contributed by atoms with E-state index < -0.39 is 0 Å². The van der Waals surface area contributed by atoms with E-state index >= 15 is 0 Å². The van der Waals surface area contributed by atoms with Gasteiger partial charge < -0.3 is 5.73 Å². The van der Waals surface area contributed by atoms with E-state index in [-0.39, 0.29) is 5.54 Å². The second kappa shape index (κ2) is 9.32. The van der Waals surface area contributed by atoms with Gasteiger partial charge in [0.25, 0.3) is 0 Å². The summed E-state index contributed by atoms with van der Waals surface area (Å²) in [7, 11) is 2.33. The number of hydrogen-bond acceptors (Lipinski definition) is 3. The van der Waals surface area contributed by atoms with Crippen molar-refractivity contribution in [1.29, 1.82) is 0 Å². The standard InChI is InChI=1S/C17H36N2S/c1-5-8-15-9-7-11-17(14-18,12-10-15)19(3)16(6-2)13-20-4/h15-16H,5-14,18H2,1-4H3. The SMILES string of the molecule is CCCC1CCCC(CN)(N(C)C(CC)CSC)CC1. The van der Waals surface area contributed by atoms with Crippen LogP contribution in [-0.4, -0.2) is 42.1 Å². The molecule has 1 fully saturated rings. The third-order valence-corrected chi connectivity index (χ3v) is 6.19. The maximum Gasteiger partial charge on any atom is 0.0332 e. The van der Waals surface area contributed by atoms with Gasteiger partial charge in [0.15, 0.2) is 0 Å². The minimum absolute atomic E-state index is 0.263. The molecule has 0 aliphatic heterocycles. The van der Waals surface area contributed by atoms with Gasteiger partial charge in [0.2, 0.25) is 0 Å². The van der Waals surface area contributed by atoms with Crippen LogP contribution >= 0.6 is 11.8 Å². The van der Waals surface area contributed by atoms with Gasteiger partial charge in [-0.15, -0.1) is 0 Å². The first-order chi connectivity index (χ1) is 9.63. The maximum absolute atomic E-state index is 6.27. The molecule has 0 spiro atoms. The van der Waals surface area contributed by atoms with Crippen LogP contribution in [0.2, 0.25) is 0 Å². The lowest BCUT2D eigenvalue weighted by molar-refractivity contribution is 0.0686. The predicted molar refractivity (Wildman–Crippen MR) is 93.5 cm³/mol. The molecule has 2 nitrogen and oxygen atoms in total. The lowest BCUT2D eigenvalue weighted by Gasteiger charge is -2.45. The zero-order valence-corrected chi connectivity index (χ0v) is 15.0. The quantitative estimate of drug-likeness (QED) is 0.683. The molecule has 3 atom stereocenters. The molecule has 120 valence electrons. The van der Waals surface area contributed by atoms with Gasteiger partial charge in [0.1, 0.15) is 0 Å². The highest BCUT2D eigenvalue weighted by Gasteiger charge is 2.37. The molecule has 1 aliphatic carbocycles. The molecule has 3 unspecified atom stereocenters. The Bertz CT molecular complexity index is 259. The zero-order chi connectivity index (χ0) is 15.0. The Hall–Kier alpha value is 0.270. The zero-order valence-electron chi connectivity index (χ0n) is 14.2. The van der Waals surface area contributed by atoms with Crippen LogP contribution < -0.4 is 5.73 Å². The van der Waals surface area contributed by atoms with Gasteiger partial charge in [-0.1, -0.05) is 39.5 Å². The summed E-state index contributed by atoms with van der Waals surface area (Å²) in [5.41, 5.74) is 6.53. The second-order valence-corrected chi connectivity index (χ2v) is 7.55. The van der Waals surface area contributed by atoms with Gasteiger partial charge >= 0.3 is 0 Å². The number of hydrogen-bond donors (Lipinski definition) is 1. The summed E-state index contributed by atoms with van der Waals surface area (Å²) in [5, 5.41) is 0. The normalized spacial score (nSPS) is 29.4. The molecule has 0 aromatic carbocycles. The highest BCUT2D eigenvalue weighted by atomic mass is 32.2. The fourth-order valence-electron chi connectivity index (χ4n) is 3.94. The van der Waals surface area contributed by atoms with Crippen LogP contribution in [0.1, 0.15) is 65.2 Å². The molecule has 0 aromatic heterocycles. The molecular formula is C17H36N2S. The van der Waals surface area contributed by atoms with Crippen molar-refractivity contribution in [2.75, 3.05) is 25.6 Å². The van der Waals surface area contributed by atoms with E-state index in [0.717, 1.165) is 12.5 Å². The molecule has 0 saturated heterocycles. The Morgan fingerprint density at radius 3 is 2.60 bits per heavy atom. The largest absolute Gasteiger partial charge is 0.329 e. The van der Waals surface area contributed by atoms with Crippen LogP contribution in [0.4, 0.5) is 0 Å². The molecular weight excluding hydrogens is 264 g/mol. The lowest BCUT2D eigenvalue weighted by atomic mass is 9.86. The number of likely N-dealkylation sites (N-methyl/N-ethyl adjacent to an activating group) is 1. The Morgan fingerprint density at radius 2 is 2.05 bits per heavy atom. The Morgan fingerprint density at radius 1 is 1.30 bits per heavy atom. The fourth-order valence-corrected chi connectivity index (χ4v) is 4.79. The van der Waals surface area contributed by atoms with Crippen molar-refractivity contribution in [1.82, 2.24) is 4.90 Å². The third kappa shape index (κ3) is 4.64. The predicted octanol–water partition coefficient (Wildman–Crippen LogP) is 4.14. The highest BCUT2D eigenvalue weighted by Crippen LogP contribution is 2.36. The smallest absolute Gasteiger partial charge is 0.0332 e. The molecule has 20 heavy (non-hydrogen) atoms. The van der Waals surface area contributed by atoms with E-state index in [0.29, 0.717) is 6.04 Å². The number of nitrogens with two attached hydrogens (primary N) is 1. The average Bonchev–Trinajstić information content (AvgIpc) is 2.68. The molecule has 1 saturated carbocycles. The summed E-state index contributed by atoms with van der Waals surface area (Å²) in [6.07, 6.45) is 13.0. The van der Waals surface area contributed by atoms with Gasteiger partial charge in [0, 0.05) is 23.9 Å². The van der Waals surface area contributed by atoms with Crippen LogP contribution in [-0.2, 0) is 0 Å². The average molecular weight is 301 g/mol. The van der Waals surface area contributed by atoms with Crippen molar-refractivity contribution in [3.8, 4) is 0 Å². The molecule has 1 rings (SSSR count). The summed E-state index contributed by atoms with van der Waals surface area (Å²) in [6, 6.07) is 0.677. The molecule has 2 N–H and O–H groups in total. The van der Waals surface area contributed by atoms with Crippen molar-refractivity contribution < 1.29 is 0 Å². The first kappa shape index (κ1) is 18.3. The minimum Gasteiger partial charge on any atom is -0.329 e.